The second kappa shape index (κ2) is 5.58. The number of hydrogen-bond donors (Lipinski definition) is 0. The van der Waals surface area contributed by atoms with Gasteiger partial charge in [0.05, 0.1) is 17.5 Å². The predicted molar refractivity (Wildman–Crippen MR) is 63.7 cm³/mol. The summed E-state index contributed by atoms with van der Waals surface area (Å²) in [5.74, 6) is -3.35. The maximum Gasteiger partial charge on any atom is 0.313 e. The van der Waals surface area contributed by atoms with E-state index < -0.39 is 23.5 Å². The van der Waals surface area contributed by atoms with Crippen LogP contribution in [0.2, 0.25) is 0 Å². The summed E-state index contributed by atoms with van der Waals surface area (Å²) in [4.78, 5) is 11.6. The third kappa shape index (κ3) is 2.83. The average Bonchev–Trinajstić information content (AvgIpc) is 2.28. The van der Waals surface area contributed by atoms with Crippen LogP contribution in [0.3, 0.4) is 0 Å². The van der Waals surface area contributed by atoms with Crippen LogP contribution in [0, 0.1) is 17.6 Å². The molecule has 0 amide bonds. The van der Waals surface area contributed by atoms with Crippen LogP contribution in [0.25, 0.3) is 0 Å². The van der Waals surface area contributed by atoms with Gasteiger partial charge in [-0.25, -0.2) is 8.78 Å². The lowest BCUT2D eigenvalue weighted by molar-refractivity contribution is -0.143. The fraction of sp³-hybridized carbons (Fsp3) is 0.417. The van der Waals surface area contributed by atoms with E-state index in [1.165, 1.54) is 13.2 Å². The first kappa shape index (κ1) is 14.1. The van der Waals surface area contributed by atoms with Crippen LogP contribution in [0.15, 0.2) is 16.6 Å². The minimum atomic E-state index is -0.947. The Bertz CT molecular complexity index is 433. The zero-order chi connectivity index (χ0) is 13.2. The lowest BCUT2D eigenvalue weighted by Gasteiger charge is -2.20. The maximum absolute atomic E-state index is 13.9. The van der Waals surface area contributed by atoms with Crippen molar-refractivity contribution in [1.29, 1.82) is 0 Å². The molecule has 0 N–H and O–H groups in total. The number of hydrogen-bond acceptors (Lipinski definition) is 2. The minimum Gasteiger partial charge on any atom is -0.469 e. The van der Waals surface area contributed by atoms with Crippen LogP contribution >= 0.6 is 15.9 Å². The first-order chi connectivity index (χ1) is 7.90. The maximum atomic E-state index is 13.9. The minimum absolute atomic E-state index is 0.128. The Labute approximate surface area is 107 Å². The van der Waals surface area contributed by atoms with Gasteiger partial charge in [0.25, 0.3) is 0 Å². The summed E-state index contributed by atoms with van der Waals surface area (Å²) in [5, 5.41) is 0. The number of esters is 1. The molecule has 1 unspecified atom stereocenters. The van der Waals surface area contributed by atoms with E-state index in [4.69, 9.17) is 0 Å². The molecule has 1 rings (SSSR count). The molecular formula is C12H13BrF2O2. The van der Waals surface area contributed by atoms with Crippen LogP contribution in [-0.2, 0) is 9.53 Å². The summed E-state index contributed by atoms with van der Waals surface area (Å²) in [7, 11) is 1.20. The van der Waals surface area contributed by atoms with Gasteiger partial charge in [0, 0.05) is 5.56 Å². The molecule has 0 saturated heterocycles. The van der Waals surface area contributed by atoms with E-state index in [1.807, 2.05) is 0 Å². The Hall–Kier alpha value is -0.970. The van der Waals surface area contributed by atoms with E-state index in [0.29, 0.717) is 0 Å². The van der Waals surface area contributed by atoms with Crippen molar-refractivity contribution in [2.24, 2.45) is 5.92 Å². The summed E-state index contributed by atoms with van der Waals surface area (Å²) in [6.07, 6.45) is 0. The molecule has 17 heavy (non-hydrogen) atoms. The average molecular weight is 307 g/mol. The van der Waals surface area contributed by atoms with E-state index >= 15 is 0 Å². The molecule has 0 fully saturated rings. The van der Waals surface area contributed by atoms with Crippen molar-refractivity contribution in [2.45, 2.75) is 19.8 Å². The predicted octanol–water partition coefficient (Wildman–Crippen LogP) is 3.64. The van der Waals surface area contributed by atoms with E-state index in [-0.39, 0.29) is 16.0 Å². The molecular weight excluding hydrogens is 294 g/mol. The number of carbonyl (C=O) groups is 1. The third-order valence-electron chi connectivity index (χ3n) is 2.51. The first-order valence-corrected chi connectivity index (χ1v) is 5.90. The topological polar surface area (TPSA) is 26.3 Å². The molecule has 5 heteroatoms. The molecule has 0 bridgehead atoms. The molecule has 0 radical (unpaired) electrons. The summed E-state index contributed by atoms with van der Waals surface area (Å²) in [5.41, 5.74) is -0.249. The van der Waals surface area contributed by atoms with Gasteiger partial charge in [-0.15, -0.1) is 0 Å². The molecule has 0 saturated carbocycles. The van der Waals surface area contributed by atoms with Crippen LogP contribution < -0.4 is 0 Å². The van der Waals surface area contributed by atoms with Gasteiger partial charge in [-0.1, -0.05) is 13.8 Å². The molecule has 0 aliphatic rings. The molecule has 0 aliphatic carbocycles. The smallest absolute Gasteiger partial charge is 0.313 e. The van der Waals surface area contributed by atoms with E-state index in [2.05, 4.69) is 20.7 Å². The van der Waals surface area contributed by atoms with Gasteiger partial charge in [-0.2, -0.15) is 0 Å². The lowest BCUT2D eigenvalue weighted by Crippen LogP contribution is -2.22. The van der Waals surface area contributed by atoms with Crippen molar-refractivity contribution >= 4 is 21.9 Å². The Morgan fingerprint density at radius 3 is 2.41 bits per heavy atom. The number of halogens is 3. The number of methoxy groups -OCH3 is 1. The Kier molecular flexibility index (Phi) is 4.62. The number of rotatable bonds is 3. The quantitative estimate of drug-likeness (QED) is 0.629. The van der Waals surface area contributed by atoms with Gasteiger partial charge in [0.15, 0.2) is 0 Å². The molecule has 1 aromatic rings. The van der Waals surface area contributed by atoms with Gasteiger partial charge in [-0.3, -0.25) is 4.79 Å². The van der Waals surface area contributed by atoms with E-state index in [0.717, 1.165) is 6.07 Å². The summed E-state index contributed by atoms with van der Waals surface area (Å²) >= 11 is 2.97. The molecule has 2 nitrogen and oxygen atoms in total. The standard InChI is InChI=1S/C12H13BrF2O2/c1-6(2)9(12(16)17-3)10-8(14)5-4-7(13)11(10)15/h4-6,9H,1-3H3. The van der Waals surface area contributed by atoms with Crippen molar-refractivity contribution in [1.82, 2.24) is 0 Å². The van der Waals surface area contributed by atoms with Gasteiger partial charge in [0.2, 0.25) is 0 Å². The van der Waals surface area contributed by atoms with Gasteiger partial charge >= 0.3 is 5.97 Å². The van der Waals surface area contributed by atoms with Gasteiger partial charge in [0.1, 0.15) is 11.6 Å². The van der Waals surface area contributed by atoms with Gasteiger partial charge < -0.3 is 4.74 Å². The largest absolute Gasteiger partial charge is 0.469 e. The summed E-state index contributed by atoms with van der Waals surface area (Å²) < 4.78 is 32.3. The molecule has 0 heterocycles. The molecule has 0 aromatic heterocycles. The summed E-state index contributed by atoms with van der Waals surface area (Å²) in [6.45, 7) is 3.42. The molecule has 0 spiro atoms. The second-order valence-corrected chi connectivity index (χ2v) is 4.86. The number of ether oxygens (including phenoxy) is 1. The number of benzene rings is 1. The van der Waals surface area contributed by atoms with Crippen LogP contribution in [0.5, 0.6) is 0 Å². The SMILES string of the molecule is COC(=O)C(c1c(F)ccc(Br)c1F)C(C)C. The molecule has 1 aromatic carbocycles. The Morgan fingerprint density at radius 2 is 1.94 bits per heavy atom. The normalized spacial score (nSPS) is 12.6. The van der Waals surface area contributed by atoms with Gasteiger partial charge in [-0.05, 0) is 34.0 Å². The van der Waals surface area contributed by atoms with Crippen LogP contribution in [0.4, 0.5) is 8.78 Å². The summed E-state index contributed by atoms with van der Waals surface area (Å²) in [6, 6.07) is 2.39. The van der Waals surface area contributed by atoms with Crippen molar-refractivity contribution in [2.75, 3.05) is 7.11 Å². The van der Waals surface area contributed by atoms with E-state index in [1.54, 1.807) is 13.8 Å². The Morgan fingerprint density at radius 1 is 1.35 bits per heavy atom. The zero-order valence-corrected chi connectivity index (χ0v) is 11.3. The highest BCUT2D eigenvalue weighted by atomic mass is 79.9. The molecule has 94 valence electrons. The van der Waals surface area contributed by atoms with Crippen molar-refractivity contribution < 1.29 is 18.3 Å². The van der Waals surface area contributed by atoms with Crippen molar-refractivity contribution in [3.8, 4) is 0 Å². The highest BCUT2D eigenvalue weighted by Gasteiger charge is 2.31. The fourth-order valence-corrected chi connectivity index (χ4v) is 2.02. The lowest BCUT2D eigenvalue weighted by atomic mass is 9.88. The van der Waals surface area contributed by atoms with E-state index in [9.17, 15) is 13.6 Å². The molecule has 1 atom stereocenters. The zero-order valence-electron chi connectivity index (χ0n) is 9.76. The fourth-order valence-electron chi connectivity index (χ4n) is 1.68. The number of carbonyl (C=O) groups excluding carboxylic acids is 1. The van der Waals surface area contributed by atoms with Crippen LogP contribution in [-0.4, -0.2) is 13.1 Å². The van der Waals surface area contributed by atoms with Crippen molar-refractivity contribution in [3.05, 3.63) is 33.8 Å². The Balaban J connectivity index is 3.37. The highest BCUT2D eigenvalue weighted by Crippen LogP contribution is 2.33. The first-order valence-electron chi connectivity index (χ1n) is 5.11. The highest BCUT2D eigenvalue weighted by molar-refractivity contribution is 9.10. The second-order valence-electron chi connectivity index (χ2n) is 4.00. The third-order valence-corrected chi connectivity index (χ3v) is 3.12. The van der Waals surface area contributed by atoms with Crippen molar-refractivity contribution in [3.63, 3.8) is 0 Å². The molecule has 0 aliphatic heterocycles. The van der Waals surface area contributed by atoms with Crippen LogP contribution in [0.1, 0.15) is 25.3 Å². The monoisotopic (exact) mass is 306 g/mol.